The molecule has 3 heterocycles. The highest BCUT2D eigenvalue weighted by Gasteiger charge is 2.61. The minimum Gasteiger partial charge on any atom is -0.494 e. The molecule has 3 aromatic rings. The number of nitriles is 1. The Morgan fingerprint density at radius 1 is 1.16 bits per heavy atom. The van der Waals surface area contributed by atoms with Crippen molar-refractivity contribution in [2.75, 3.05) is 11.9 Å². The summed E-state index contributed by atoms with van der Waals surface area (Å²) in [4.78, 5) is 11.2. The summed E-state index contributed by atoms with van der Waals surface area (Å²) in [6, 6.07) is 11.3. The first-order chi connectivity index (χ1) is 17.9. The van der Waals surface area contributed by atoms with E-state index in [-0.39, 0.29) is 18.2 Å². The summed E-state index contributed by atoms with van der Waals surface area (Å²) in [5, 5.41) is 34.1. The molecule has 0 aliphatic carbocycles. The molecule has 1 amide bonds. The van der Waals surface area contributed by atoms with Crippen molar-refractivity contribution in [2.45, 2.75) is 50.5 Å². The fourth-order valence-corrected chi connectivity index (χ4v) is 5.53. The number of amides is 1. The Labute approximate surface area is 215 Å². The summed E-state index contributed by atoms with van der Waals surface area (Å²) < 4.78 is 53.9. The molecule has 5 rings (SSSR count). The van der Waals surface area contributed by atoms with E-state index in [2.05, 4.69) is 5.32 Å². The number of rotatable bonds is 6. The third kappa shape index (κ3) is 4.01. The number of carbonyl (C=O) groups is 1. The SMILES string of the molecule is CC(=O)Nc1ccc(OCCC23CCC(C)(O2)c2c3c(O)n(-c3ccc(C#N)c(C(F)(F)F)c3)c2O)cc1. The number of hydrogen-bond acceptors (Lipinski definition) is 6. The largest absolute Gasteiger partial charge is 0.494 e. The maximum absolute atomic E-state index is 13.6. The number of fused-ring (bicyclic) bond motifs is 5. The number of alkyl halides is 3. The van der Waals surface area contributed by atoms with E-state index < -0.39 is 40.3 Å². The van der Waals surface area contributed by atoms with Gasteiger partial charge < -0.3 is 25.0 Å². The Kier molecular flexibility index (Phi) is 5.83. The molecule has 11 heteroatoms. The Bertz CT molecular complexity index is 1480. The number of hydrogen-bond donors (Lipinski definition) is 3. The van der Waals surface area contributed by atoms with Gasteiger partial charge in [-0.2, -0.15) is 18.4 Å². The minimum atomic E-state index is -4.80. The normalized spacial score (nSPS) is 21.7. The van der Waals surface area contributed by atoms with Crippen molar-refractivity contribution in [3.8, 4) is 29.3 Å². The number of carbonyl (C=O) groups excluding carboxylic acids is 1. The molecule has 2 aliphatic rings. The Morgan fingerprint density at radius 3 is 2.47 bits per heavy atom. The molecule has 3 N–H and O–H groups in total. The van der Waals surface area contributed by atoms with E-state index in [1.807, 2.05) is 0 Å². The molecular formula is C27H24F3N3O5. The van der Waals surface area contributed by atoms with E-state index in [4.69, 9.17) is 14.7 Å². The van der Waals surface area contributed by atoms with Crippen LogP contribution in [-0.2, 0) is 26.9 Å². The van der Waals surface area contributed by atoms with E-state index >= 15 is 0 Å². The Balaban J connectivity index is 1.46. The molecule has 8 nitrogen and oxygen atoms in total. The summed E-state index contributed by atoms with van der Waals surface area (Å²) in [5.74, 6) is -0.467. The lowest BCUT2D eigenvalue weighted by Crippen LogP contribution is -2.25. The zero-order chi connectivity index (χ0) is 27.5. The van der Waals surface area contributed by atoms with Gasteiger partial charge in [-0.05, 0) is 62.2 Å². The fraction of sp³-hybridized carbons (Fsp3) is 0.333. The molecule has 0 saturated carbocycles. The van der Waals surface area contributed by atoms with Crippen molar-refractivity contribution in [3.63, 3.8) is 0 Å². The zero-order valence-corrected chi connectivity index (χ0v) is 20.5. The van der Waals surface area contributed by atoms with Crippen LogP contribution in [0.15, 0.2) is 42.5 Å². The van der Waals surface area contributed by atoms with Crippen LogP contribution in [0.3, 0.4) is 0 Å². The minimum absolute atomic E-state index is 0.130. The average molecular weight is 527 g/mol. The number of anilines is 1. The highest BCUT2D eigenvalue weighted by molar-refractivity contribution is 5.88. The summed E-state index contributed by atoms with van der Waals surface area (Å²) >= 11 is 0. The monoisotopic (exact) mass is 527 g/mol. The van der Waals surface area contributed by atoms with E-state index in [0.29, 0.717) is 41.8 Å². The standard InChI is InChI=1S/C27H24F3N3O5/c1-15(34)32-17-4-7-19(8-5-17)37-12-11-26-10-9-25(2,38-26)21-22(26)24(36)33(23(21)35)18-6-3-16(14-31)20(13-18)27(28,29)30/h3-8,13,35-36H,9-12H2,1-2H3,(H,32,34). The lowest BCUT2D eigenvalue weighted by atomic mass is 9.78. The van der Waals surface area contributed by atoms with Crippen molar-refractivity contribution >= 4 is 11.6 Å². The summed E-state index contributed by atoms with van der Waals surface area (Å²) in [6.45, 7) is 3.37. The van der Waals surface area contributed by atoms with Crippen LogP contribution in [-0.4, -0.2) is 27.3 Å². The second kappa shape index (κ2) is 8.70. The maximum Gasteiger partial charge on any atom is 0.417 e. The van der Waals surface area contributed by atoms with Gasteiger partial charge in [-0.15, -0.1) is 0 Å². The summed E-state index contributed by atoms with van der Waals surface area (Å²) in [7, 11) is 0. The van der Waals surface area contributed by atoms with Gasteiger partial charge in [0, 0.05) is 19.0 Å². The second-order valence-corrected chi connectivity index (χ2v) is 9.70. The predicted octanol–water partition coefficient (Wildman–Crippen LogP) is 5.44. The average Bonchev–Trinajstić information content (AvgIpc) is 3.43. The number of ether oxygens (including phenoxy) is 2. The smallest absolute Gasteiger partial charge is 0.417 e. The molecule has 1 aromatic heterocycles. The van der Waals surface area contributed by atoms with Crippen molar-refractivity contribution in [1.82, 2.24) is 4.57 Å². The van der Waals surface area contributed by atoms with Gasteiger partial charge in [-0.1, -0.05) is 0 Å². The molecule has 2 bridgehead atoms. The highest BCUT2D eigenvalue weighted by Crippen LogP contribution is 2.65. The van der Waals surface area contributed by atoms with Gasteiger partial charge in [0.15, 0.2) is 0 Å². The Morgan fingerprint density at radius 2 is 1.84 bits per heavy atom. The molecule has 1 fully saturated rings. The summed E-state index contributed by atoms with van der Waals surface area (Å²) in [6.07, 6.45) is -3.44. The first-order valence-corrected chi connectivity index (χ1v) is 11.9. The zero-order valence-electron chi connectivity index (χ0n) is 20.5. The van der Waals surface area contributed by atoms with Crippen LogP contribution in [0.25, 0.3) is 5.69 Å². The molecule has 2 unspecified atom stereocenters. The number of benzene rings is 2. The summed E-state index contributed by atoms with van der Waals surface area (Å²) in [5.41, 5.74) is -2.53. The van der Waals surface area contributed by atoms with Crippen molar-refractivity contribution in [1.29, 1.82) is 5.26 Å². The molecule has 0 radical (unpaired) electrons. The van der Waals surface area contributed by atoms with Gasteiger partial charge in [-0.25, -0.2) is 0 Å². The van der Waals surface area contributed by atoms with Gasteiger partial charge in [-0.3, -0.25) is 9.36 Å². The molecule has 38 heavy (non-hydrogen) atoms. The lowest BCUT2D eigenvalue weighted by Gasteiger charge is -2.26. The van der Waals surface area contributed by atoms with Crippen molar-refractivity contribution in [2.24, 2.45) is 0 Å². The third-order valence-corrected chi connectivity index (χ3v) is 7.17. The van der Waals surface area contributed by atoms with Crippen molar-refractivity contribution in [3.05, 3.63) is 64.7 Å². The maximum atomic E-state index is 13.6. The van der Waals surface area contributed by atoms with E-state index in [0.717, 1.165) is 16.7 Å². The predicted molar refractivity (Wildman–Crippen MR) is 129 cm³/mol. The first-order valence-electron chi connectivity index (χ1n) is 11.9. The molecule has 2 atom stereocenters. The van der Waals surface area contributed by atoms with Crippen LogP contribution in [0, 0.1) is 11.3 Å². The van der Waals surface area contributed by atoms with Gasteiger partial charge in [0.2, 0.25) is 17.7 Å². The van der Waals surface area contributed by atoms with Gasteiger partial charge >= 0.3 is 6.18 Å². The number of nitrogens with zero attached hydrogens (tertiary/aromatic N) is 2. The molecule has 198 valence electrons. The van der Waals surface area contributed by atoms with Crippen LogP contribution in [0.2, 0.25) is 0 Å². The highest BCUT2D eigenvalue weighted by atomic mass is 19.4. The van der Waals surface area contributed by atoms with Crippen LogP contribution >= 0.6 is 0 Å². The van der Waals surface area contributed by atoms with E-state index in [1.165, 1.54) is 19.1 Å². The molecule has 2 aliphatic heterocycles. The van der Waals surface area contributed by atoms with Gasteiger partial charge in [0.25, 0.3) is 0 Å². The van der Waals surface area contributed by atoms with Gasteiger partial charge in [0.1, 0.15) is 11.4 Å². The third-order valence-electron chi connectivity index (χ3n) is 7.17. The number of halogens is 3. The molecule has 0 spiro atoms. The molecule has 1 saturated heterocycles. The van der Waals surface area contributed by atoms with E-state index in [9.17, 15) is 28.2 Å². The first kappa shape index (κ1) is 25.5. The Hall–Kier alpha value is -4.17. The number of aromatic hydroxyl groups is 2. The fourth-order valence-electron chi connectivity index (χ4n) is 5.53. The van der Waals surface area contributed by atoms with Crippen molar-refractivity contribution < 1.29 is 37.7 Å². The molecular weight excluding hydrogens is 503 g/mol. The number of aromatic nitrogens is 1. The van der Waals surface area contributed by atoms with Crippen LogP contribution < -0.4 is 10.1 Å². The van der Waals surface area contributed by atoms with E-state index in [1.54, 1.807) is 31.2 Å². The second-order valence-electron chi connectivity index (χ2n) is 9.70. The lowest BCUT2D eigenvalue weighted by molar-refractivity contribution is -0.137. The molecule has 2 aromatic carbocycles. The van der Waals surface area contributed by atoms with Crippen LogP contribution in [0.4, 0.5) is 18.9 Å². The quantitative estimate of drug-likeness (QED) is 0.393. The van der Waals surface area contributed by atoms with Crippen LogP contribution in [0.1, 0.15) is 55.4 Å². The van der Waals surface area contributed by atoms with Gasteiger partial charge in [0.05, 0.1) is 46.2 Å². The number of nitrogens with one attached hydrogen (secondary N) is 1. The topological polar surface area (TPSA) is 117 Å². The van der Waals surface area contributed by atoms with Crippen LogP contribution in [0.5, 0.6) is 17.5 Å².